The molecule has 7 heavy (non-hydrogen) atoms. The third-order valence-corrected chi connectivity index (χ3v) is 1.31. The molecule has 0 aliphatic heterocycles. The summed E-state index contributed by atoms with van der Waals surface area (Å²) in [6.45, 7) is 6.60. The molecular formula is C7H15+. The fraction of sp³-hybridized carbons (Fsp3) is 0.857. The van der Waals surface area contributed by atoms with Gasteiger partial charge in [0.05, 0.1) is 19.3 Å². The lowest BCUT2D eigenvalue weighted by Crippen LogP contribution is -1.89. The van der Waals surface area contributed by atoms with Gasteiger partial charge < -0.3 is 0 Å². The van der Waals surface area contributed by atoms with Crippen LogP contribution in [0.5, 0.6) is 0 Å². The lowest BCUT2D eigenvalue weighted by Gasteiger charge is -1.93. The smallest absolute Gasteiger partial charge is 0.0652 e. The van der Waals surface area contributed by atoms with Gasteiger partial charge in [-0.15, -0.1) is 0 Å². The largest absolute Gasteiger partial charge is 0.0946 e. The van der Waals surface area contributed by atoms with E-state index in [-0.39, 0.29) is 0 Å². The van der Waals surface area contributed by atoms with E-state index < -0.39 is 0 Å². The van der Waals surface area contributed by atoms with Gasteiger partial charge in [-0.3, -0.25) is 0 Å². The average Bonchev–Trinajstić information content (AvgIpc) is 1.68. The Morgan fingerprint density at radius 1 is 1.57 bits per heavy atom. The molecule has 0 aromatic carbocycles. The minimum atomic E-state index is 0.824. The average molecular weight is 99.2 g/mol. The van der Waals surface area contributed by atoms with Gasteiger partial charge in [-0.2, -0.15) is 0 Å². The second-order valence-electron chi connectivity index (χ2n) is 2.10. The van der Waals surface area contributed by atoms with Gasteiger partial charge in [0.1, 0.15) is 0 Å². The van der Waals surface area contributed by atoms with Crippen LogP contribution in [0.1, 0.15) is 33.6 Å². The summed E-state index contributed by atoms with van der Waals surface area (Å²) in [7, 11) is 0. The molecule has 1 unspecified atom stereocenters. The van der Waals surface area contributed by atoms with E-state index in [1.54, 1.807) is 0 Å². The van der Waals surface area contributed by atoms with Crippen molar-refractivity contribution >= 4 is 0 Å². The van der Waals surface area contributed by atoms with E-state index in [2.05, 4.69) is 27.2 Å². The second-order valence-corrected chi connectivity index (χ2v) is 2.10. The van der Waals surface area contributed by atoms with Crippen LogP contribution in [0.2, 0.25) is 0 Å². The first-order chi connectivity index (χ1) is 3.31. The van der Waals surface area contributed by atoms with Gasteiger partial charge in [0.2, 0.25) is 0 Å². The fourth-order valence-corrected chi connectivity index (χ4v) is 0.622. The molecular weight excluding hydrogens is 84.1 g/mol. The Labute approximate surface area is 46.9 Å². The molecule has 0 fully saturated rings. The third-order valence-electron chi connectivity index (χ3n) is 1.31. The Bertz CT molecular complexity index is 31.0. The zero-order chi connectivity index (χ0) is 5.70. The number of hydrogen-bond donors (Lipinski definition) is 0. The maximum absolute atomic E-state index is 2.25. The van der Waals surface area contributed by atoms with E-state index in [1.165, 1.54) is 12.8 Å². The molecule has 0 nitrogen and oxygen atoms in total. The van der Waals surface area contributed by atoms with Crippen LogP contribution >= 0.6 is 0 Å². The minimum Gasteiger partial charge on any atom is -0.0652 e. The monoisotopic (exact) mass is 99.1 g/mol. The highest BCUT2D eigenvalue weighted by Gasteiger charge is 2.01. The van der Waals surface area contributed by atoms with Gasteiger partial charge in [0.25, 0.3) is 0 Å². The van der Waals surface area contributed by atoms with Gasteiger partial charge in [-0.25, -0.2) is 0 Å². The summed E-state index contributed by atoms with van der Waals surface area (Å²) in [6, 6.07) is 0. The van der Waals surface area contributed by atoms with Crippen LogP contribution in [-0.4, -0.2) is 0 Å². The lowest BCUT2D eigenvalue weighted by molar-refractivity contribution is 0.596. The predicted molar refractivity (Wildman–Crippen MR) is 34.0 cm³/mol. The van der Waals surface area contributed by atoms with Crippen LogP contribution in [0.15, 0.2) is 0 Å². The highest BCUT2D eigenvalue weighted by atomic mass is 14.0. The van der Waals surface area contributed by atoms with Crippen molar-refractivity contribution in [1.29, 1.82) is 0 Å². The van der Waals surface area contributed by atoms with Crippen molar-refractivity contribution in [1.82, 2.24) is 0 Å². The van der Waals surface area contributed by atoms with Crippen LogP contribution < -0.4 is 0 Å². The molecule has 0 amide bonds. The van der Waals surface area contributed by atoms with Crippen molar-refractivity contribution < 1.29 is 0 Å². The first-order valence-corrected chi connectivity index (χ1v) is 3.10. The molecule has 0 heterocycles. The lowest BCUT2D eigenvalue weighted by atomic mass is 10.0. The predicted octanol–water partition coefficient (Wildman–Crippen LogP) is 2.65. The summed E-state index contributed by atoms with van der Waals surface area (Å²) in [5.74, 6) is 0.824. The van der Waals surface area contributed by atoms with Gasteiger partial charge in [-0.1, -0.05) is 13.3 Å². The third kappa shape index (κ3) is 3.71. The van der Waals surface area contributed by atoms with E-state index in [9.17, 15) is 0 Å². The molecule has 0 radical (unpaired) electrons. The Hall–Kier alpha value is -0.130. The van der Waals surface area contributed by atoms with Crippen LogP contribution in [0.3, 0.4) is 0 Å². The Morgan fingerprint density at radius 3 is 2.29 bits per heavy atom. The van der Waals surface area contributed by atoms with Crippen molar-refractivity contribution in [2.45, 2.75) is 33.6 Å². The van der Waals surface area contributed by atoms with E-state index in [0.717, 1.165) is 5.92 Å². The van der Waals surface area contributed by atoms with Crippen molar-refractivity contribution in [2.24, 2.45) is 5.92 Å². The normalized spacial score (nSPS) is 13.6. The van der Waals surface area contributed by atoms with Crippen molar-refractivity contribution in [3.05, 3.63) is 6.42 Å². The van der Waals surface area contributed by atoms with E-state index >= 15 is 0 Å². The van der Waals surface area contributed by atoms with Gasteiger partial charge in [-0.05, 0) is 13.3 Å². The minimum absolute atomic E-state index is 0.824. The molecule has 0 aliphatic carbocycles. The van der Waals surface area contributed by atoms with Crippen LogP contribution in [0.4, 0.5) is 0 Å². The Morgan fingerprint density at radius 2 is 2.14 bits per heavy atom. The standard InChI is InChI=1S/C7H15/c1-4-6-7(3)5-2/h5,7H,4,6H2,1-3H3/q+1. The SMILES string of the molecule is C[CH+]C(C)CCC. The molecule has 0 aromatic rings. The van der Waals surface area contributed by atoms with Crippen LogP contribution in [0, 0.1) is 12.3 Å². The Balaban J connectivity index is 2.83. The molecule has 0 rings (SSSR count). The summed E-state index contributed by atoms with van der Waals surface area (Å²) >= 11 is 0. The van der Waals surface area contributed by atoms with Gasteiger partial charge in [0, 0.05) is 0 Å². The highest BCUT2D eigenvalue weighted by molar-refractivity contribution is 4.64. The first kappa shape index (κ1) is 6.87. The quantitative estimate of drug-likeness (QED) is 0.477. The van der Waals surface area contributed by atoms with Gasteiger partial charge >= 0.3 is 0 Å². The zero-order valence-corrected chi connectivity index (χ0v) is 5.57. The zero-order valence-electron chi connectivity index (χ0n) is 5.57. The van der Waals surface area contributed by atoms with Gasteiger partial charge in [0.15, 0.2) is 0 Å². The summed E-state index contributed by atoms with van der Waals surface area (Å²) in [5.41, 5.74) is 0. The summed E-state index contributed by atoms with van der Waals surface area (Å²) in [5, 5.41) is 0. The van der Waals surface area contributed by atoms with Crippen molar-refractivity contribution in [3.8, 4) is 0 Å². The van der Waals surface area contributed by atoms with Crippen molar-refractivity contribution in [3.63, 3.8) is 0 Å². The summed E-state index contributed by atoms with van der Waals surface area (Å²) < 4.78 is 0. The molecule has 0 heteroatoms. The van der Waals surface area contributed by atoms with Crippen LogP contribution in [-0.2, 0) is 0 Å². The highest BCUT2D eigenvalue weighted by Crippen LogP contribution is 2.06. The molecule has 0 saturated carbocycles. The second kappa shape index (κ2) is 4.04. The van der Waals surface area contributed by atoms with E-state index in [1.807, 2.05) is 0 Å². The number of rotatable bonds is 3. The fourth-order valence-electron chi connectivity index (χ4n) is 0.622. The van der Waals surface area contributed by atoms with E-state index in [0.29, 0.717) is 0 Å². The molecule has 0 N–H and O–H groups in total. The molecule has 0 spiro atoms. The number of hydrogen-bond acceptors (Lipinski definition) is 0. The molecule has 0 aliphatic rings. The maximum atomic E-state index is 2.25. The molecule has 0 bridgehead atoms. The first-order valence-electron chi connectivity index (χ1n) is 3.10. The summed E-state index contributed by atoms with van der Waals surface area (Å²) in [6.07, 6.45) is 4.91. The topological polar surface area (TPSA) is 0 Å². The summed E-state index contributed by atoms with van der Waals surface area (Å²) in [4.78, 5) is 0. The van der Waals surface area contributed by atoms with E-state index in [4.69, 9.17) is 0 Å². The van der Waals surface area contributed by atoms with Crippen LogP contribution in [0.25, 0.3) is 0 Å². The Kier molecular flexibility index (Phi) is 3.97. The molecule has 0 aromatic heterocycles. The molecule has 0 saturated heterocycles. The molecule has 42 valence electrons. The maximum Gasteiger partial charge on any atom is 0.0946 e. The van der Waals surface area contributed by atoms with Crippen molar-refractivity contribution in [2.75, 3.05) is 0 Å². The molecule has 1 atom stereocenters.